The molecule has 0 spiro atoms. The van der Waals surface area contributed by atoms with Crippen LogP contribution in [0.4, 0.5) is 0 Å². The minimum atomic E-state index is -1.31. The van der Waals surface area contributed by atoms with Crippen LogP contribution in [0.5, 0.6) is 5.88 Å². The molecule has 3 aromatic heterocycles. The number of ether oxygens (including phenoxy) is 1. The lowest BCUT2D eigenvalue weighted by Crippen LogP contribution is -2.37. The van der Waals surface area contributed by atoms with Crippen molar-refractivity contribution in [2.75, 3.05) is 7.11 Å². The number of rotatable bonds is 5. The Balaban J connectivity index is 1.48. The van der Waals surface area contributed by atoms with Gasteiger partial charge >= 0.3 is 0 Å². The summed E-state index contributed by atoms with van der Waals surface area (Å²) in [5, 5.41) is 6.29. The van der Waals surface area contributed by atoms with Crippen LogP contribution >= 0.6 is 0 Å². The van der Waals surface area contributed by atoms with Crippen LogP contribution < -0.4 is 9.92 Å². The predicted octanol–water partition coefficient (Wildman–Crippen LogP) is 4.31. The zero-order valence-corrected chi connectivity index (χ0v) is 20.9. The molecule has 0 radical (unpaired) electrons. The second kappa shape index (κ2) is 8.26. The lowest BCUT2D eigenvalue weighted by molar-refractivity contribution is 0.396. The van der Waals surface area contributed by atoms with Crippen LogP contribution in [0.3, 0.4) is 0 Å². The third-order valence-electron chi connectivity index (χ3n) is 6.31. The summed E-state index contributed by atoms with van der Waals surface area (Å²) in [6.07, 6.45) is 5.89. The van der Waals surface area contributed by atoms with Gasteiger partial charge in [-0.2, -0.15) is 0 Å². The minimum absolute atomic E-state index is 0.255. The molecule has 170 valence electrons. The van der Waals surface area contributed by atoms with Crippen molar-refractivity contribution in [1.29, 1.82) is 0 Å². The number of hydrogen-bond donors (Lipinski definition) is 0. The molecule has 0 saturated heterocycles. The molecule has 0 aliphatic carbocycles. The molecule has 0 unspecified atom stereocenters. The number of imidazole rings is 1. The van der Waals surface area contributed by atoms with Gasteiger partial charge in [0.1, 0.15) is 17.2 Å². The summed E-state index contributed by atoms with van der Waals surface area (Å²) in [7, 11) is 0.317. The van der Waals surface area contributed by atoms with Crippen LogP contribution in [0, 0.1) is 6.92 Å². The van der Waals surface area contributed by atoms with Gasteiger partial charge in [0, 0.05) is 18.7 Å². The zero-order valence-electron chi connectivity index (χ0n) is 19.9. The van der Waals surface area contributed by atoms with Gasteiger partial charge in [-0.15, -0.1) is 5.10 Å². The van der Waals surface area contributed by atoms with Gasteiger partial charge in [-0.25, -0.2) is 19.6 Å². The van der Waals surface area contributed by atoms with Crippen LogP contribution in [-0.2, 0) is 6.54 Å². The number of aromatic nitrogens is 6. The molecular weight excluding hydrogens is 428 g/mol. The monoisotopic (exact) mass is 458 g/mol. The molecule has 1 atom stereocenters. The van der Waals surface area contributed by atoms with Crippen molar-refractivity contribution in [3.8, 4) is 23.1 Å². The number of hydrogen-bond acceptors (Lipinski definition) is 5. The fraction of sp³-hybridized carbons (Fsp3) is 0.360. The molecule has 0 fully saturated rings. The molecule has 0 amide bonds. The summed E-state index contributed by atoms with van der Waals surface area (Å²) in [4.78, 5) is 14.0. The molecule has 33 heavy (non-hydrogen) atoms. The highest BCUT2D eigenvalue weighted by Crippen LogP contribution is 2.33. The maximum absolute atomic E-state index is 5.58. The van der Waals surface area contributed by atoms with Crippen LogP contribution in [-0.4, -0.2) is 44.5 Å². The van der Waals surface area contributed by atoms with E-state index in [4.69, 9.17) is 19.8 Å². The fourth-order valence-electron chi connectivity index (χ4n) is 4.45. The van der Waals surface area contributed by atoms with E-state index in [1.165, 1.54) is 10.8 Å². The molecule has 8 heteroatoms. The van der Waals surface area contributed by atoms with Gasteiger partial charge in [-0.05, 0) is 37.5 Å². The Morgan fingerprint density at radius 2 is 1.82 bits per heavy atom. The lowest BCUT2D eigenvalue weighted by Gasteiger charge is -2.23. The Morgan fingerprint density at radius 1 is 1.03 bits per heavy atom. The molecule has 1 aliphatic heterocycles. The Morgan fingerprint density at radius 3 is 2.48 bits per heavy atom. The van der Waals surface area contributed by atoms with Gasteiger partial charge < -0.3 is 9.30 Å². The first-order valence-corrected chi connectivity index (χ1v) is 14.9. The smallest absolute Gasteiger partial charge is 0.238 e. The molecular formula is C25H30N6OSi. The van der Waals surface area contributed by atoms with Crippen molar-refractivity contribution in [2.45, 2.75) is 51.9 Å². The van der Waals surface area contributed by atoms with E-state index in [2.05, 4.69) is 53.6 Å². The maximum Gasteiger partial charge on any atom is 0.238 e. The third-order valence-corrected chi connectivity index (χ3v) is 8.37. The second-order valence-corrected chi connectivity index (χ2v) is 14.8. The molecule has 5 rings (SSSR count). The molecule has 4 heterocycles. The van der Waals surface area contributed by atoms with Gasteiger partial charge in [0.2, 0.25) is 5.88 Å². The predicted molar refractivity (Wildman–Crippen MR) is 132 cm³/mol. The molecule has 0 N–H and O–H groups in total. The Labute approximate surface area is 195 Å². The third kappa shape index (κ3) is 4.11. The van der Waals surface area contributed by atoms with Crippen LogP contribution in [0.1, 0.15) is 35.8 Å². The van der Waals surface area contributed by atoms with Gasteiger partial charge in [0.25, 0.3) is 0 Å². The highest BCUT2D eigenvalue weighted by atomic mass is 28.3. The van der Waals surface area contributed by atoms with E-state index in [0.29, 0.717) is 17.4 Å². The summed E-state index contributed by atoms with van der Waals surface area (Å²) in [5.41, 5.74) is 3.80. The van der Waals surface area contributed by atoms with Crippen LogP contribution in [0.15, 0.2) is 48.9 Å². The zero-order chi connectivity index (χ0) is 23.2. The number of methoxy groups -OCH3 is 1. The maximum atomic E-state index is 5.58. The summed E-state index contributed by atoms with van der Waals surface area (Å²) >= 11 is 0. The van der Waals surface area contributed by atoms with Crippen molar-refractivity contribution >= 4 is 13.3 Å². The van der Waals surface area contributed by atoms with Crippen molar-refractivity contribution in [2.24, 2.45) is 0 Å². The van der Waals surface area contributed by atoms with E-state index < -0.39 is 8.07 Å². The number of nitrogens with zero attached hydrogens (tertiary/aromatic N) is 6. The van der Waals surface area contributed by atoms with Gasteiger partial charge in [0.15, 0.2) is 5.82 Å². The highest BCUT2D eigenvalue weighted by Gasteiger charge is 2.27. The highest BCUT2D eigenvalue weighted by molar-refractivity contribution is 6.88. The number of fused-ring (bicyclic) bond motifs is 1. The quantitative estimate of drug-likeness (QED) is 0.417. The number of pyridine rings is 1. The second-order valence-electron chi connectivity index (χ2n) is 9.73. The fourth-order valence-corrected chi connectivity index (χ4v) is 5.61. The first kappa shape index (κ1) is 21.6. The Hall–Kier alpha value is -3.26. The van der Waals surface area contributed by atoms with Crippen molar-refractivity contribution in [3.63, 3.8) is 0 Å². The summed E-state index contributed by atoms with van der Waals surface area (Å²) in [6.45, 7) is 9.98. The van der Waals surface area contributed by atoms with Crippen molar-refractivity contribution in [1.82, 2.24) is 29.3 Å². The lowest BCUT2D eigenvalue weighted by atomic mass is 9.91. The van der Waals surface area contributed by atoms with Gasteiger partial charge in [-0.1, -0.05) is 49.1 Å². The van der Waals surface area contributed by atoms with E-state index in [1.807, 2.05) is 29.8 Å². The number of benzene rings is 1. The minimum Gasteiger partial charge on any atom is -0.479 e. The van der Waals surface area contributed by atoms with E-state index in [-0.39, 0.29) is 5.92 Å². The largest absolute Gasteiger partial charge is 0.479 e. The molecule has 4 aromatic rings. The molecule has 0 bridgehead atoms. The van der Waals surface area contributed by atoms with Gasteiger partial charge in [-0.3, -0.25) is 0 Å². The van der Waals surface area contributed by atoms with Crippen molar-refractivity contribution < 1.29 is 4.74 Å². The van der Waals surface area contributed by atoms with E-state index >= 15 is 0 Å². The summed E-state index contributed by atoms with van der Waals surface area (Å²) in [5.74, 6) is 2.44. The van der Waals surface area contributed by atoms with E-state index in [9.17, 15) is 0 Å². The van der Waals surface area contributed by atoms with Gasteiger partial charge in [0.05, 0.1) is 27.2 Å². The molecule has 1 aromatic carbocycles. The average molecular weight is 459 g/mol. The van der Waals surface area contributed by atoms with Crippen LogP contribution in [0.2, 0.25) is 19.6 Å². The first-order valence-electron chi connectivity index (χ1n) is 11.4. The molecule has 0 saturated carbocycles. The van der Waals surface area contributed by atoms with Crippen molar-refractivity contribution in [3.05, 3.63) is 66.0 Å². The van der Waals surface area contributed by atoms with E-state index in [1.54, 1.807) is 13.4 Å². The molecule has 7 nitrogen and oxygen atoms in total. The standard InChI is InChI=1S/C25H30N6OSi/c1-17-15-30(16-26-17)22-13-12-21(27-25(22)32-2)23-28-24-20(7-6-14-31(24)29-23)18-8-10-19(11-9-18)33(3,4)5/h8-13,15-16,20H,6-7,14H2,1-5H3/t20-/m0/s1. The Bertz CT molecular complexity index is 1290. The summed E-state index contributed by atoms with van der Waals surface area (Å²) in [6, 6.07) is 13.1. The van der Waals surface area contributed by atoms with Crippen LogP contribution in [0.25, 0.3) is 17.2 Å². The normalized spacial score (nSPS) is 16.0. The number of aryl methyl sites for hydroxylation is 2. The Kier molecular flexibility index (Phi) is 5.40. The molecule has 1 aliphatic rings. The topological polar surface area (TPSA) is 70.7 Å². The average Bonchev–Trinajstić information content (AvgIpc) is 3.44. The van der Waals surface area contributed by atoms with E-state index in [0.717, 1.165) is 36.6 Å². The first-order chi connectivity index (χ1) is 15.8. The SMILES string of the molecule is COc1nc(-c2nc3n(n2)CCC[C@H]3c2ccc([Si](C)(C)C)cc2)ccc1-n1cnc(C)c1. The summed E-state index contributed by atoms with van der Waals surface area (Å²) < 4.78 is 9.55.